The van der Waals surface area contributed by atoms with Crippen LogP contribution in [0.25, 0.3) is 0 Å². The van der Waals surface area contributed by atoms with Crippen LogP contribution < -0.4 is 14.8 Å². The summed E-state index contributed by atoms with van der Waals surface area (Å²) >= 11 is 0. The molecule has 43 heavy (non-hydrogen) atoms. The number of carbonyl (C=O) groups is 2. The maximum atomic E-state index is 13.4. The number of carbonyl (C=O) groups excluding carboxylic acids is 2. The van der Waals surface area contributed by atoms with Crippen molar-refractivity contribution in [1.29, 1.82) is 0 Å². The predicted octanol–water partition coefficient (Wildman–Crippen LogP) is 6.34. The Bertz CT molecular complexity index is 1260. The first-order valence-electron chi connectivity index (χ1n) is 15.0. The van der Waals surface area contributed by atoms with Crippen molar-refractivity contribution < 1.29 is 33.6 Å². The van der Waals surface area contributed by atoms with E-state index in [1.54, 1.807) is 39.2 Å². The summed E-state index contributed by atoms with van der Waals surface area (Å²) in [5.74, 6) is -1.64. The Kier molecular flexibility index (Phi) is 11.5. The molecule has 1 heterocycles. The standard InChI is InChI=1S/C34H48N2O7/c1-9-10-13-24-14-16-25(17-15-24)22-36(23(2)12-11-20-33(3,4)39)30(29-31(37)42-34(5,6)43-32(29)38)35-27-19-18-26(40-7)21-28(27)41-8/h14-19,21,23,35,39H,9-13,20,22H2,1-8H3. The topological polar surface area (TPSA) is 107 Å². The van der Waals surface area contributed by atoms with Gasteiger partial charge in [0.25, 0.3) is 5.79 Å². The van der Waals surface area contributed by atoms with Crippen LogP contribution in [0, 0.1) is 0 Å². The van der Waals surface area contributed by atoms with Gasteiger partial charge in [0.15, 0.2) is 5.57 Å². The molecule has 2 N–H and O–H groups in total. The minimum absolute atomic E-state index is 0.156. The first kappa shape index (κ1) is 33.8. The van der Waals surface area contributed by atoms with E-state index in [-0.39, 0.29) is 17.4 Å². The lowest BCUT2D eigenvalue weighted by atomic mass is 9.98. The normalized spacial score (nSPS) is 15.3. The van der Waals surface area contributed by atoms with Crippen LogP contribution in [-0.4, -0.2) is 53.6 Å². The lowest BCUT2D eigenvalue weighted by Gasteiger charge is -2.37. The van der Waals surface area contributed by atoms with Gasteiger partial charge in [-0.3, -0.25) is 0 Å². The fraction of sp³-hybridized carbons (Fsp3) is 0.529. The number of benzene rings is 2. The van der Waals surface area contributed by atoms with Crippen molar-refractivity contribution in [2.75, 3.05) is 19.5 Å². The molecule has 0 aliphatic carbocycles. The van der Waals surface area contributed by atoms with E-state index in [9.17, 15) is 14.7 Å². The van der Waals surface area contributed by atoms with Crippen molar-refractivity contribution in [2.24, 2.45) is 0 Å². The maximum absolute atomic E-state index is 13.4. The Hall–Kier alpha value is -3.72. The SMILES string of the molecule is CCCCc1ccc(CN(C(Nc2ccc(OC)cc2OC)=C2C(=O)OC(C)(C)OC2=O)C(C)CCCC(C)(C)O)cc1. The lowest BCUT2D eigenvalue weighted by Crippen LogP contribution is -2.45. The Morgan fingerprint density at radius 1 is 1.00 bits per heavy atom. The summed E-state index contributed by atoms with van der Waals surface area (Å²) in [5.41, 5.74) is 1.76. The minimum Gasteiger partial charge on any atom is -0.497 e. The lowest BCUT2D eigenvalue weighted by molar-refractivity contribution is -0.222. The molecule has 1 saturated heterocycles. The highest BCUT2D eigenvalue weighted by Gasteiger charge is 2.43. The van der Waals surface area contributed by atoms with Crippen molar-refractivity contribution in [3.63, 3.8) is 0 Å². The van der Waals surface area contributed by atoms with Crippen LogP contribution in [-0.2, 0) is 32.0 Å². The van der Waals surface area contributed by atoms with Crippen LogP contribution >= 0.6 is 0 Å². The summed E-state index contributed by atoms with van der Waals surface area (Å²) < 4.78 is 22.1. The van der Waals surface area contributed by atoms with Gasteiger partial charge in [0.2, 0.25) is 0 Å². The largest absolute Gasteiger partial charge is 0.497 e. The monoisotopic (exact) mass is 596 g/mol. The maximum Gasteiger partial charge on any atom is 0.352 e. The summed E-state index contributed by atoms with van der Waals surface area (Å²) in [6, 6.07) is 13.5. The number of hydrogen-bond acceptors (Lipinski definition) is 9. The zero-order valence-corrected chi connectivity index (χ0v) is 26.9. The van der Waals surface area contributed by atoms with Gasteiger partial charge in [-0.1, -0.05) is 37.6 Å². The second kappa shape index (κ2) is 14.6. The van der Waals surface area contributed by atoms with Crippen molar-refractivity contribution in [2.45, 2.75) is 104 Å². The van der Waals surface area contributed by atoms with Gasteiger partial charge >= 0.3 is 11.9 Å². The smallest absolute Gasteiger partial charge is 0.352 e. The number of methoxy groups -OCH3 is 2. The number of aryl methyl sites for hydroxylation is 1. The highest BCUT2D eigenvalue weighted by atomic mass is 16.7. The number of esters is 2. The van der Waals surface area contributed by atoms with Crippen LogP contribution in [0.15, 0.2) is 53.9 Å². The highest BCUT2D eigenvalue weighted by Crippen LogP contribution is 2.34. The number of unbranched alkanes of at least 4 members (excludes halogenated alkanes) is 1. The molecule has 0 bridgehead atoms. The Morgan fingerprint density at radius 3 is 2.19 bits per heavy atom. The molecule has 1 unspecified atom stereocenters. The minimum atomic E-state index is -1.39. The van der Waals surface area contributed by atoms with E-state index in [1.165, 1.54) is 26.5 Å². The number of nitrogens with one attached hydrogen (secondary N) is 1. The van der Waals surface area contributed by atoms with Crippen LogP contribution in [0.3, 0.4) is 0 Å². The van der Waals surface area contributed by atoms with E-state index < -0.39 is 23.3 Å². The second-order valence-corrected chi connectivity index (χ2v) is 12.2. The van der Waals surface area contributed by atoms with Crippen molar-refractivity contribution >= 4 is 17.6 Å². The van der Waals surface area contributed by atoms with E-state index in [0.717, 1.165) is 31.2 Å². The zero-order chi connectivity index (χ0) is 31.8. The molecule has 2 aromatic rings. The number of hydrogen-bond donors (Lipinski definition) is 2. The molecule has 0 saturated carbocycles. The second-order valence-electron chi connectivity index (χ2n) is 12.2. The predicted molar refractivity (Wildman–Crippen MR) is 167 cm³/mol. The van der Waals surface area contributed by atoms with Gasteiger partial charge in [-0.05, 0) is 76.1 Å². The molecule has 9 nitrogen and oxygen atoms in total. The van der Waals surface area contributed by atoms with Crippen molar-refractivity contribution in [1.82, 2.24) is 4.90 Å². The van der Waals surface area contributed by atoms with E-state index in [2.05, 4.69) is 36.5 Å². The molecule has 0 radical (unpaired) electrons. The molecule has 0 amide bonds. The van der Waals surface area contributed by atoms with Gasteiger partial charge < -0.3 is 34.3 Å². The van der Waals surface area contributed by atoms with Gasteiger partial charge in [-0.15, -0.1) is 0 Å². The highest BCUT2D eigenvalue weighted by molar-refractivity contribution is 6.16. The number of nitrogens with zero attached hydrogens (tertiary/aromatic N) is 1. The Morgan fingerprint density at radius 2 is 1.63 bits per heavy atom. The number of cyclic esters (lactones) is 2. The number of ether oxygens (including phenoxy) is 4. The van der Waals surface area contributed by atoms with Crippen molar-refractivity contribution in [3.05, 3.63) is 65.0 Å². The van der Waals surface area contributed by atoms with Crippen molar-refractivity contribution in [3.8, 4) is 11.5 Å². The van der Waals surface area contributed by atoms with E-state index in [1.807, 2.05) is 11.8 Å². The van der Waals surface area contributed by atoms with Gasteiger partial charge in [-0.25, -0.2) is 9.59 Å². The number of anilines is 1. The average Bonchev–Trinajstić information content (AvgIpc) is 2.93. The van der Waals surface area contributed by atoms with Gasteiger partial charge in [-0.2, -0.15) is 0 Å². The molecule has 236 valence electrons. The van der Waals surface area contributed by atoms with Crippen LogP contribution in [0.2, 0.25) is 0 Å². The fourth-order valence-electron chi connectivity index (χ4n) is 4.98. The van der Waals surface area contributed by atoms with Gasteiger partial charge in [0.05, 0.1) is 25.5 Å². The van der Waals surface area contributed by atoms with Crippen LogP contribution in [0.1, 0.15) is 84.8 Å². The molecule has 3 rings (SSSR count). The third kappa shape index (κ3) is 9.64. The first-order chi connectivity index (χ1) is 20.3. The molecule has 1 aliphatic rings. The third-order valence-corrected chi connectivity index (χ3v) is 7.41. The molecule has 1 aliphatic heterocycles. The summed E-state index contributed by atoms with van der Waals surface area (Å²) in [4.78, 5) is 28.9. The van der Waals surface area contributed by atoms with E-state index in [4.69, 9.17) is 18.9 Å². The molecule has 1 atom stereocenters. The summed E-state index contributed by atoms with van der Waals surface area (Å²) in [5, 5.41) is 13.7. The molecule has 0 spiro atoms. The van der Waals surface area contributed by atoms with E-state index >= 15 is 0 Å². The molecule has 2 aromatic carbocycles. The Labute approximate surface area is 256 Å². The summed E-state index contributed by atoms with van der Waals surface area (Å²) in [7, 11) is 3.10. The number of rotatable bonds is 15. The molecule has 1 fully saturated rings. The first-order valence-corrected chi connectivity index (χ1v) is 15.0. The molecular weight excluding hydrogens is 548 g/mol. The Balaban J connectivity index is 2.13. The number of aliphatic hydroxyl groups is 1. The van der Waals surface area contributed by atoms with Crippen LogP contribution in [0.4, 0.5) is 5.69 Å². The molecular formula is C34H48N2O7. The van der Waals surface area contributed by atoms with Gasteiger partial charge in [0.1, 0.15) is 17.3 Å². The zero-order valence-electron chi connectivity index (χ0n) is 26.9. The molecule has 9 heteroatoms. The average molecular weight is 597 g/mol. The summed E-state index contributed by atoms with van der Waals surface area (Å²) in [6.45, 7) is 11.2. The van der Waals surface area contributed by atoms with E-state index in [0.29, 0.717) is 36.6 Å². The summed E-state index contributed by atoms with van der Waals surface area (Å²) in [6.07, 6.45) is 5.27. The fourth-order valence-corrected chi connectivity index (χ4v) is 4.98. The molecule has 0 aromatic heterocycles. The third-order valence-electron chi connectivity index (χ3n) is 7.41. The van der Waals surface area contributed by atoms with Gasteiger partial charge in [0, 0.05) is 32.5 Å². The van der Waals surface area contributed by atoms with Crippen LogP contribution in [0.5, 0.6) is 11.5 Å². The quantitative estimate of drug-likeness (QED) is 0.138.